The SMILES string of the molecule is O=c1c(F)c(C(F)(F)F)[nH]c2nc(=O)n([C@@H]3OC(CO)=C(O)C3O)cc12. The molecule has 0 radical (unpaired) electrons. The van der Waals surface area contributed by atoms with Crippen molar-refractivity contribution in [2.45, 2.75) is 18.5 Å². The van der Waals surface area contributed by atoms with Crippen LogP contribution in [0.15, 0.2) is 27.3 Å². The predicted octanol–water partition coefficient (Wildman–Crippen LogP) is -0.106. The number of aliphatic hydroxyl groups excluding tert-OH is 3. The van der Waals surface area contributed by atoms with Crippen molar-refractivity contribution in [2.24, 2.45) is 0 Å². The van der Waals surface area contributed by atoms with E-state index in [1.807, 2.05) is 0 Å². The standard InChI is InChI=1S/C13H9F4N3O6/c14-5-6(22)3-1-20(11-8(24)7(23)4(2-21)26-11)12(25)19-10(3)18-9(5)13(15,16)17/h1,8,11,21,23-24H,2H2,(H,18,19,25)/t8?,11-/m1/s1. The summed E-state index contributed by atoms with van der Waals surface area (Å²) in [5.41, 5.74) is -5.75. The third kappa shape index (κ3) is 2.61. The smallest absolute Gasteiger partial charge is 0.434 e. The van der Waals surface area contributed by atoms with Gasteiger partial charge in [0.15, 0.2) is 29.1 Å². The fraction of sp³-hybridized carbons (Fsp3) is 0.308. The largest absolute Gasteiger partial charge is 0.506 e. The third-order valence-electron chi connectivity index (χ3n) is 3.66. The first-order chi connectivity index (χ1) is 12.1. The molecule has 2 atom stereocenters. The van der Waals surface area contributed by atoms with E-state index in [-0.39, 0.29) is 0 Å². The van der Waals surface area contributed by atoms with Crippen molar-refractivity contribution in [1.29, 1.82) is 0 Å². The summed E-state index contributed by atoms with van der Waals surface area (Å²) in [6, 6.07) is 0. The summed E-state index contributed by atoms with van der Waals surface area (Å²) in [5, 5.41) is 27.7. The van der Waals surface area contributed by atoms with Gasteiger partial charge in [-0.1, -0.05) is 0 Å². The maximum atomic E-state index is 13.8. The Balaban J connectivity index is 2.20. The number of fused-ring (bicyclic) bond motifs is 1. The van der Waals surface area contributed by atoms with Crippen LogP contribution >= 0.6 is 0 Å². The molecule has 140 valence electrons. The van der Waals surface area contributed by atoms with E-state index in [4.69, 9.17) is 9.84 Å². The molecule has 1 aliphatic heterocycles. The number of nitrogens with zero attached hydrogens (tertiary/aromatic N) is 2. The molecule has 0 aliphatic carbocycles. The maximum Gasteiger partial charge on any atom is 0.434 e. The van der Waals surface area contributed by atoms with Gasteiger partial charge in [0.2, 0.25) is 11.7 Å². The molecule has 9 nitrogen and oxygen atoms in total. The van der Waals surface area contributed by atoms with Crippen LogP contribution in [0.1, 0.15) is 11.9 Å². The van der Waals surface area contributed by atoms with Crippen molar-refractivity contribution in [2.75, 3.05) is 6.61 Å². The van der Waals surface area contributed by atoms with Gasteiger partial charge in [-0.2, -0.15) is 18.2 Å². The van der Waals surface area contributed by atoms with E-state index in [2.05, 4.69) is 4.98 Å². The van der Waals surface area contributed by atoms with Crippen LogP contribution in [0.5, 0.6) is 0 Å². The van der Waals surface area contributed by atoms with Crippen LogP contribution in [0.25, 0.3) is 11.0 Å². The number of nitrogens with one attached hydrogen (secondary N) is 1. The van der Waals surface area contributed by atoms with Crippen LogP contribution in [0.2, 0.25) is 0 Å². The van der Waals surface area contributed by atoms with Crippen molar-refractivity contribution in [1.82, 2.24) is 14.5 Å². The number of rotatable bonds is 2. The molecule has 2 aromatic heterocycles. The molecule has 4 N–H and O–H groups in total. The van der Waals surface area contributed by atoms with E-state index in [1.165, 1.54) is 0 Å². The number of hydrogen-bond donors (Lipinski definition) is 4. The topological polar surface area (TPSA) is 138 Å². The van der Waals surface area contributed by atoms with Crippen molar-refractivity contribution >= 4 is 11.0 Å². The Morgan fingerprint density at radius 1 is 1.35 bits per heavy atom. The minimum atomic E-state index is -5.22. The fourth-order valence-corrected chi connectivity index (χ4v) is 2.41. The van der Waals surface area contributed by atoms with Gasteiger partial charge in [-0.05, 0) is 0 Å². The minimum absolute atomic E-state index is 0.456. The molecule has 3 heterocycles. The monoisotopic (exact) mass is 379 g/mol. The molecule has 0 aromatic carbocycles. The number of alkyl halides is 3. The van der Waals surface area contributed by atoms with Crippen LogP contribution in [-0.2, 0) is 10.9 Å². The van der Waals surface area contributed by atoms with Gasteiger partial charge >= 0.3 is 11.9 Å². The lowest BCUT2D eigenvalue weighted by atomic mass is 10.2. The molecule has 0 amide bonds. The van der Waals surface area contributed by atoms with E-state index in [9.17, 15) is 37.4 Å². The van der Waals surface area contributed by atoms with Gasteiger partial charge in [-0.15, -0.1) is 0 Å². The van der Waals surface area contributed by atoms with E-state index >= 15 is 0 Å². The number of aromatic amines is 1. The lowest BCUT2D eigenvalue weighted by molar-refractivity contribution is -0.143. The Morgan fingerprint density at radius 2 is 2.00 bits per heavy atom. The zero-order valence-corrected chi connectivity index (χ0v) is 12.4. The number of aliphatic hydroxyl groups is 3. The molecule has 0 saturated carbocycles. The zero-order valence-electron chi connectivity index (χ0n) is 12.4. The van der Waals surface area contributed by atoms with Crippen LogP contribution in [0, 0.1) is 5.82 Å². The van der Waals surface area contributed by atoms with Crippen LogP contribution in [0.4, 0.5) is 17.6 Å². The van der Waals surface area contributed by atoms with Crippen molar-refractivity contribution in [3.05, 3.63) is 49.9 Å². The van der Waals surface area contributed by atoms with Gasteiger partial charge in [0.1, 0.15) is 12.3 Å². The molecular formula is C13H9F4N3O6. The second kappa shape index (κ2) is 5.81. The zero-order chi connectivity index (χ0) is 19.4. The first kappa shape index (κ1) is 17.9. The lowest BCUT2D eigenvalue weighted by Gasteiger charge is -2.18. The highest BCUT2D eigenvalue weighted by Crippen LogP contribution is 2.31. The third-order valence-corrected chi connectivity index (χ3v) is 3.66. The van der Waals surface area contributed by atoms with Crippen LogP contribution < -0.4 is 11.1 Å². The maximum absolute atomic E-state index is 13.8. The Kier molecular flexibility index (Phi) is 3.99. The van der Waals surface area contributed by atoms with Gasteiger partial charge in [0, 0.05) is 6.20 Å². The molecule has 2 aromatic rings. The van der Waals surface area contributed by atoms with Gasteiger partial charge in [-0.25, -0.2) is 9.18 Å². The second-order valence-electron chi connectivity index (χ2n) is 5.25. The molecule has 0 fully saturated rings. The molecule has 0 bridgehead atoms. The van der Waals surface area contributed by atoms with Crippen LogP contribution in [0.3, 0.4) is 0 Å². The van der Waals surface area contributed by atoms with Gasteiger partial charge in [0.05, 0.1) is 5.39 Å². The predicted molar refractivity (Wildman–Crippen MR) is 74.5 cm³/mol. The summed E-state index contributed by atoms with van der Waals surface area (Å²) in [6.45, 7) is -0.820. The van der Waals surface area contributed by atoms with E-state index in [0.717, 1.165) is 0 Å². The number of hydrogen-bond acceptors (Lipinski definition) is 7. The molecule has 26 heavy (non-hydrogen) atoms. The summed E-state index contributed by atoms with van der Waals surface area (Å²) in [5.74, 6) is -3.36. The highest BCUT2D eigenvalue weighted by Gasteiger charge is 2.39. The molecule has 0 spiro atoms. The number of H-pyrrole nitrogens is 1. The molecule has 0 saturated heterocycles. The van der Waals surface area contributed by atoms with E-state index < -0.39 is 70.3 Å². The fourth-order valence-electron chi connectivity index (χ4n) is 2.41. The Hall–Kier alpha value is -2.93. The molecular weight excluding hydrogens is 370 g/mol. The Labute approximate surface area is 139 Å². The molecule has 1 aliphatic rings. The van der Waals surface area contributed by atoms with Gasteiger partial charge in [-0.3, -0.25) is 9.36 Å². The molecule has 1 unspecified atom stereocenters. The lowest BCUT2D eigenvalue weighted by Crippen LogP contribution is -2.34. The van der Waals surface area contributed by atoms with Crippen molar-refractivity contribution < 1.29 is 37.6 Å². The Morgan fingerprint density at radius 3 is 2.54 bits per heavy atom. The summed E-state index contributed by atoms with van der Waals surface area (Å²) in [7, 11) is 0. The average molecular weight is 379 g/mol. The summed E-state index contributed by atoms with van der Waals surface area (Å²) < 4.78 is 57.4. The summed E-state index contributed by atoms with van der Waals surface area (Å²) in [6.07, 6.45) is -8.07. The highest BCUT2D eigenvalue weighted by molar-refractivity contribution is 5.73. The quantitative estimate of drug-likeness (QED) is 0.535. The molecule has 13 heteroatoms. The number of aromatic nitrogens is 3. The molecule has 3 rings (SSSR count). The first-order valence-electron chi connectivity index (χ1n) is 6.85. The highest BCUT2D eigenvalue weighted by atomic mass is 19.4. The number of halogens is 4. The number of pyridine rings is 1. The van der Waals surface area contributed by atoms with Gasteiger partial charge in [0.25, 0.3) is 0 Å². The Bertz CT molecular complexity index is 1040. The number of ether oxygens (including phenoxy) is 1. The second-order valence-corrected chi connectivity index (χ2v) is 5.25. The summed E-state index contributed by atoms with van der Waals surface area (Å²) in [4.78, 5) is 28.7. The first-order valence-corrected chi connectivity index (χ1v) is 6.85. The van der Waals surface area contributed by atoms with E-state index in [0.29, 0.717) is 10.8 Å². The van der Waals surface area contributed by atoms with E-state index in [1.54, 1.807) is 4.98 Å². The minimum Gasteiger partial charge on any atom is -0.506 e. The summed E-state index contributed by atoms with van der Waals surface area (Å²) >= 11 is 0. The van der Waals surface area contributed by atoms with Gasteiger partial charge < -0.3 is 25.0 Å². The van der Waals surface area contributed by atoms with Crippen molar-refractivity contribution in [3.8, 4) is 0 Å². The average Bonchev–Trinajstić information content (AvgIpc) is 2.84. The van der Waals surface area contributed by atoms with Crippen molar-refractivity contribution in [3.63, 3.8) is 0 Å². The van der Waals surface area contributed by atoms with Crippen LogP contribution in [-0.4, -0.2) is 42.6 Å². The normalized spacial score (nSPS) is 20.7.